The fourth-order valence-corrected chi connectivity index (χ4v) is 2.42. The molecule has 1 unspecified atom stereocenters. The second-order valence-electron chi connectivity index (χ2n) is 3.73. The molecule has 1 heterocycles. The lowest BCUT2D eigenvalue weighted by Gasteiger charge is -2.15. The minimum Gasteiger partial charge on any atom is -0.320 e. The lowest BCUT2D eigenvalue weighted by molar-refractivity contribution is 0.847. The van der Waals surface area contributed by atoms with Gasteiger partial charge in [-0.2, -0.15) is 0 Å². The molecule has 1 aromatic carbocycles. The summed E-state index contributed by atoms with van der Waals surface area (Å²) in [5, 5.41) is 0. The van der Waals surface area contributed by atoms with E-state index >= 15 is 0 Å². The number of halogens is 1. The maximum absolute atomic E-state index is 6.27. The molecule has 0 saturated carbocycles. The Morgan fingerprint density at radius 3 is 2.62 bits per heavy atom. The van der Waals surface area contributed by atoms with E-state index in [1.807, 2.05) is 24.4 Å². The molecule has 0 bridgehead atoms. The van der Waals surface area contributed by atoms with E-state index in [1.54, 1.807) is 6.20 Å². The second kappa shape index (κ2) is 4.93. The molecule has 0 aliphatic heterocycles. The van der Waals surface area contributed by atoms with Crippen LogP contribution in [-0.4, -0.2) is 4.98 Å². The third-order valence-corrected chi connectivity index (χ3v) is 3.64. The number of hydrogen-bond donors (Lipinski definition) is 1. The van der Waals surface area contributed by atoms with Crippen molar-refractivity contribution in [1.29, 1.82) is 0 Å². The van der Waals surface area contributed by atoms with Gasteiger partial charge in [-0.05, 0) is 58.3 Å². The lowest BCUT2D eigenvalue weighted by atomic mass is 9.98. The third kappa shape index (κ3) is 2.25. The Morgan fingerprint density at radius 1 is 1.19 bits per heavy atom. The van der Waals surface area contributed by atoms with Gasteiger partial charge in [-0.15, -0.1) is 0 Å². The fraction of sp³-hybridized carbons (Fsp3) is 0.154. The first-order chi connectivity index (χ1) is 7.70. The van der Waals surface area contributed by atoms with Crippen molar-refractivity contribution in [2.45, 2.75) is 13.0 Å². The monoisotopic (exact) mass is 324 g/mol. The van der Waals surface area contributed by atoms with Crippen LogP contribution in [0.4, 0.5) is 0 Å². The summed E-state index contributed by atoms with van der Waals surface area (Å²) >= 11 is 2.31. The first kappa shape index (κ1) is 11.5. The van der Waals surface area contributed by atoms with E-state index in [9.17, 15) is 0 Å². The lowest BCUT2D eigenvalue weighted by Crippen LogP contribution is -2.14. The van der Waals surface area contributed by atoms with Gasteiger partial charge in [-0.25, -0.2) is 0 Å². The summed E-state index contributed by atoms with van der Waals surface area (Å²) in [5.74, 6) is 0. The fourth-order valence-electron chi connectivity index (χ4n) is 1.70. The molecule has 0 spiro atoms. The molecule has 2 N–H and O–H groups in total. The highest BCUT2D eigenvalue weighted by Gasteiger charge is 2.13. The molecule has 0 radical (unpaired) electrons. The highest BCUT2D eigenvalue weighted by atomic mass is 127. The molecular formula is C13H13IN2. The Hall–Kier alpha value is -0.940. The average Bonchev–Trinajstić information content (AvgIpc) is 2.29. The summed E-state index contributed by atoms with van der Waals surface area (Å²) in [6.07, 6.45) is 3.64. The van der Waals surface area contributed by atoms with Crippen LogP contribution in [0, 0.1) is 10.5 Å². The Morgan fingerprint density at radius 2 is 1.94 bits per heavy atom. The molecule has 3 heteroatoms. The highest BCUT2D eigenvalue weighted by molar-refractivity contribution is 14.1. The molecule has 0 fully saturated rings. The summed E-state index contributed by atoms with van der Waals surface area (Å²) in [6, 6.07) is 10.1. The molecule has 82 valence electrons. The second-order valence-corrected chi connectivity index (χ2v) is 4.89. The molecule has 2 aromatic rings. The number of rotatable bonds is 2. The van der Waals surface area contributed by atoms with Gasteiger partial charge in [-0.3, -0.25) is 4.98 Å². The van der Waals surface area contributed by atoms with Gasteiger partial charge in [0.05, 0.1) is 6.04 Å². The number of pyridine rings is 1. The molecular weight excluding hydrogens is 311 g/mol. The summed E-state index contributed by atoms with van der Waals surface area (Å²) in [4.78, 5) is 4.14. The summed E-state index contributed by atoms with van der Waals surface area (Å²) in [6.45, 7) is 2.06. The van der Waals surface area contributed by atoms with Crippen molar-refractivity contribution in [3.05, 3.63) is 63.0 Å². The Kier molecular flexibility index (Phi) is 3.56. The zero-order valence-corrected chi connectivity index (χ0v) is 11.2. The van der Waals surface area contributed by atoms with Gasteiger partial charge in [0.2, 0.25) is 0 Å². The first-order valence-corrected chi connectivity index (χ1v) is 6.18. The van der Waals surface area contributed by atoms with Gasteiger partial charge in [-0.1, -0.05) is 18.2 Å². The highest BCUT2D eigenvalue weighted by Crippen LogP contribution is 2.25. The van der Waals surface area contributed by atoms with Crippen molar-refractivity contribution in [3.8, 4) is 0 Å². The van der Waals surface area contributed by atoms with Crippen LogP contribution in [0.3, 0.4) is 0 Å². The van der Waals surface area contributed by atoms with E-state index in [4.69, 9.17) is 5.73 Å². The topological polar surface area (TPSA) is 38.9 Å². The molecule has 1 aromatic heterocycles. The Balaban J connectivity index is 2.44. The largest absolute Gasteiger partial charge is 0.320 e. The predicted molar refractivity (Wildman–Crippen MR) is 74.2 cm³/mol. The van der Waals surface area contributed by atoms with Crippen LogP contribution >= 0.6 is 22.6 Å². The van der Waals surface area contributed by atoms with E-state index in [2.05, 4.69) is 46.6 Å². The standard InChI is InChI=1S/C13H13IN2/c1-9-6-7-16-8-11(9)13(15)10-4-2-3-5-12(10)14/h2-8,13H,15H2,1H3. The van der Waals surface area contributed by atoms with Gasteiger partial charge in [0, 0.05) is 16.0 Å². The van der Waals surface area contributed by atoms with Crippen molar-refractivity contribution in [2.24, 2.45) is 5.73 Å². The first-order valence-electron chi connectivity index (χ1n) is 5.10. The van der Waals surface area contributed by atoms with Gasteiger partial charge in [0.25, 0.3) is 0 Å². The molecule has 0 aliphatic carbocycles. The minimum absolute atomic E-state index is 0.0956. The number of benzene rings is 1. The van der Waals surface area contributed by atoms with E-state index in [1.165, 1.54) is 9.13 Å². The van der Waals surface area contributed by atoms with Crippen molar-refractivity contribution in [3.63, 3.8) is 0 Å². The van der Waals surface area contributed by atoms with Gasteiger partial charge >= 0.3 is 0 Å². The van der Waals surface area contributed by atoms with Crippen molar-refractivity contribution in [2.75, 3.05) is 0 Å². The summed E-state index contributed by atoms with van der Waals surface area (Å²) in [5.41, 5.74) is 9.70. The molecule has 2 rings (SSSR count). The van der Waals surface area contributed by atoms with Crippen LogP contribution in [0.2, 0.25) is 0 Å². The predicted octanol–water partition coefficient (Wildman–Crippen LogP) is 3.04. The molecule has 0 saturated heterocycles. The van der Waals surface area contributed by atoms with E-state index < -0.39 is 0 Å². The Bertz CT molecular complexity index is 451. The number of nitrogens with zero attached hydrogens (tertiary/aromatic N) is 1. The number of hydrogen-bond acceptors (Lipinski definition) is 2. The maximum Gasteiger partial charge on any atom is 0.0580 e. The summed E-state index contributed by atoms with van der Waals surface area (Å²) < 4.78 is 1.19. The van der Waals surface area contributed by atoms with Gasteiger partial charge in [0.15, 0.2) is 0 Å². The van der Waals surface area contributed by atoms with E-state index in [-0.39, 0.29) is 6.04 Å². The minimum atomic E-state index is -0.0956. The van der Waals surface area contributed by atoms with Crippen molar-refractivity contribution >= 4 is 22.6 Å². The van der Waals surface area contributed by atoms with E-state index in [0.29, 0.717) is 0 Å². The van der Waals surface area contributed by atoms with Crippen LogP contribution in [0.5, 0.6) is 0 Å². The van der Waals surface area contributed by atoms with Gasteiger partial charge in [0.1, 0.15) is 0 Å². The number of nitrogens with two attached hydrogens (primary N) is 1. The number of aryl methyl sites for hydroxylation is 1. The maximum atomic E-state index is 6.27. The van der Waals surface area contributed by atoms with Crippen LogP contribution in [0.15, 0.2) is 42.7 Å². The Labute approximate surface area is 109 Å². The molecule has 1 atom stereocenters. The smallest absolute Gasteiger partial charge is 0.0580 e. The SMILES string of the molecule is Cc1ccncc1C(N)c1ccccc1I. The normalized spacial score (nSPS) is 12.4. The van der Waals surface area contributed by atoms with Crippen molar-refractivity contribution in [1.82, 2.24) is 4.98 Å². The molecule has 2 nitrogen and oxygen atoms in total. The third-order valence-electron chi connectivity index (χ3n) is 2.65. The van der Waals surface area contributed by atoms with E-state index in [0.717, 1.165) is 11.1 Å². The molecule has 0 amide bonds. The zero-order chi connectivity index (χ0) is 11.5. The van der Waals surface area contributed by atoms with Gasteiger partial charge < -0.3 is 5.73 Å². The van der Waals surface area contributed by atoms with Crippen molar-refractivity contribution < 1.29 is 0 Å². The summed E-state index contributed by atoms with van der Waals surface area (Å²) in [7, 11) is 0. The van der Waals surface area contributed by atoms with Crippen LogP contribution in [0.1, 0.15) is 22.7 Å². The molecule has 0 aliphatic rings. The number of aromatic nitrogens is 1. The van der Waals surface area contributed by atoms with Crippen LogP contribution in [0.25, 0.3) is 0 Å². The zero-order valence-electron chi connectivity index (χ0n) is 9.02. The average molecular weight is 324 g/mol. The van der Waals surface area contributed by atoms with Crippen LogP contribution < -0.4 is 5.73 Å². The molecule has 16 heavy (non-hydrogen) atoms. The van der Waals surface area contributed by atoms with Crippen LogP contribution in [-0.2, 0) is 0 Å². The quantitative estimate of drug-likeness (QED) is 0.863.